The van der Waals surface area contributed by atoms with E-state index < -0.39 is 0 Å². The Morgan fingerprint density at radius 1 is 1.00 bits per heavy atom. The highest BCUT2D eigenvalue weighted by molar-refractivity contribution is 5.40. The lowest BCUT2D eigenvalue weighted by atomic mass is 10.2. The second-order valence-electron chi connectivity index (χ2n) is 4.63. The predicted molar refractivity (Wildman–Crippen MR) is 82.9 cm³/mol. The third kappa shape index (κ3) is 7.32. The van der Waals surface area contributed by atoms with Crippen molar-refractivity contribution in [2.45, 2.75) is 26.3 Å². The number of hydrogen-bond acceptors (Lipinski definition) is 5. The minimum Gasteiger partial charge on any atom is -0.493 e. The molecule has 0 saturated carbocycles. The summed E-state index contributed by atoms with van der Waals surface area (Å²) in [5.41, 5.74) is 6.71. The fourth-order valence-corrected chi connectivity index (χ4v) is 1.73. The maximum Gasteiger partial charge on any atom is 0.127 e. The SMILES string of the molecule is CCCOc1ccc(CN)c(OCCCOCCOC)c1. The van der Waals surface area contributed by atoms with E-state index in [2.05, 4.69) is 6.92 Å². The Bertz CT molecular complexity index is 385. The Morgan fingerprint density at radius 2 is 1.86 bits per heavy atom. The minimum atomic E-state index is 0.452. The Hall–Kier alpha value is -1.30. The predicted octanol–water partition coefficient (Wildman–Crippen LogP) is 2.37. The molecule has 1 aromatic rings. The summed E-state index contributed by atoms with van der Waals surface area (Å²) in [4.78, 5) is 0. The first kappa shape index (κ1) is 17.8. The Balaban J connectivity index is 2.37. The summed E-state index contributed by atoms with van der Waals surface area (Å²) in [6, 6.07) is 5.79. The van der Waals surface area contributed by atoms with Crippen molar-refractivity contribution >= 4 is 0 Å². The highest BCUT2D eigenvalue weighted by Crippen LogP contribution is 2.25. The molecule has 1 rings (SSSR count). The van der Waals surface area contributed by atoms with Crippen molar-refractivity contribution in [1.82, 2.24) is 0 Å². The first-order valence-electron chi connectivity index (χ1n) is 7.47. The van der Waals surface area contributed by atoms with Crippen LogP contribution in [-0.2, 0) is 16.0 Å². The zero-order valence-corrected chi connectivity index (χ0v) is 13.1. The maximum atomic E-state index is 5.78. The Labute approximate surface area is 127 Å². The molecule has 0 aliphatic carbocycles. The first-order chi connectivity index (χ1) is 10.3. The molecular formula is C16H27NO4. The minimum absolute atomic E-state index is 0.452. The van der Waals surface area contributed by atoms with Crippen LogP contribution in [0.15, 0.2) is 18.2 Å². The molecule has 0 aromatic heterocycles. The van der Waals surface area contributed by atoms with Crippen molar-refractivity contribution < 1.29 is 18.9 Å². The molecule has 0 aliphatic rings. The van der Waals surface area contributed by atoms with Gasteiger partial charge in [-0.25, -0.2) is 0 Å². The molecule has 0 unspecified atom stereocenters. The van der Waals surface area contributed by atoms with Crippen molar-refractivity contribution in [3.8, 4) is 11.5 Å². The van der Waals surface area contributed by atoms with Crippen molar-refractivity contribution in [2.24, 2.45) is 5.73 Å². The molecule has 0 spiro atoms. The van der Waals surface area contributed by atoms with Gasteiger partial charge in [0.05, 0.1) is 26.4 Å². The summed E-state index contributed by atoms with van der Waals surface area (Å²) in [7, 11) is 1.66. The summed E-state index contributed by atoms with van der Waals surface area (Å²) in [5.74, 6) is 1.61. The van der Waals surface area contributed by atoms with E-state index in [1.807, 2.05) is 18.2 Å². The first-order valence-corrected chi connectivity index (χ1v) is 7.47. The number of ether oxygens (including phenoxy) is 4. The van der Waals surface area contributed by atoms with Gasteiger partial charge in [0.2, 0.25) is 0 Å². The fraction of sp³-hybridized carbons (Fsp3) is 0.625. The molecule has 0 amide bonds. The highest BCUT2D eigenvalue weighted by Gasteiger charge is 2.05. The Morgan fingerprint density at radius 3 is 2.57 bits per heavy atom. The normalized spacial score (nSPS) is 10.6. The van der Waals surface area contributed by atoms with E-state index in [1.54, 1.807) is 7.11 Å². The summed E-state index contributed by atoms with van der Waals surface area (Å²) in [6.45, 7) is 5.72. The van der Waals surface area contributed by atoms with Gasteiger partial charge in [0, 0.05) is 38.3 Å². The summed E-state index contributed by atoms with van der Waals surface area (Å²) in [6.07, 6.45) is 1.81. The second-order valence-corrected chi connectivity index (χ2v) is 4.63. The van der Waals surface area contributed by atoms with Crippen molar-refractivity contribution in [3.63, 3.8) is 0 Å². The van der Waals surface area contributed by atoms with Crippen LogP contribution in [0.25, 0.3) is 0 Å². The van der Waals surface area contributed by atoms with Crippen LogP contribution >= 0.6 is 0 Å². The van der Waals surface area contributed by atoms with E-state index in [1.165, 1.54) is 0 Å². The van der Waals surface area contributed by atoms with Crippen LogP contribution in [0, 0.1) is 0 Å². The van der Waals surface area contributed by atoms with E-state index in [0.29, 0.717) is 39.6 Å². The van der Waals surface area contributed by atoms with Crippen LogP contribution in [0.2, 0.25) is 0 Å². The van der Waals surface area contributed by atoms with Crippen molar-refractivity contribution in [2.75, 3.05) is 40.1 Å². The zero-order chi connectivity index (χ0) is 15.3. The number of benzene rings is 1. The molecule has 5 nitrogen and oxygen atoms in total. The third-order valence-electron chi connectivity index (χ3n) is 2.85. The van der Waals surface area contributed by atoms with Gasteiger partial charge < -0.3 is 24.7 Å². The molecule has 0 radical (unpaired) electrons. The molecule has 2 N–H and O–H groups in total. The number of hydrogen-bond donors (Lipinski definition) is 1. The van der Waals surface area contributed by atoms with Gasteiger partial charge in [-0.3, -0.25) is 0 Å². The quantitative estimate of drug-likeness (QED) is 0.600. The van der Waals surface area contributed by atoms with Gasteiger partial charge >= 0.3 is 0 Å². The topological polar surface area (TPSA) is 62.9 Å². The molecule has 0 saturated heterocycles. The second kappa shape index (κ2) is 11.4. The van der Waals surface area contributed by atoms with Gasteiger partial charge in [0.1, 0.15) is 11.5 Å². The van der Waals surface area contributed by atoms with Crippen LogP contribution in [-0.4, -0.2) is 40.1 Å². The monoisotopic (exact) mass is 297 g/mol. The summed E-state index contributed by atoms with van der Waals surface area (Å²) >= 11 is 0. The van der Waals surface area contributed by atoms with E-state index >= 15 is 0 Å². The van der Waals surface area contributed by atoms with Gasteiger partial charge in [-0.2, -0.15) is 0 Å². The lowest BCUT2D eigenvalue weighted by Crippen LogP contribution is -2.08. The maximum absolute atomic E-state index is 5.78. The van der Waals surface area contributed by atoms with Gasteiger partial charge in [0.25, 0.3) is 0 Å². The largest absolute Gasteiger partial charge is 0.493 e. The van der Waals surface area contributed by atoms with Gasteiger partial charge in [-0.15, -0.1) is 0 Å². The average Bonchev–Trinajstić information content (AvgIpc) is 2.52. The van der Waals surface area contributed by atoms with Crippen LogP contribution in [0.5, 0.6) is 11.5 Å². The zero-order valence-electron chi connectivity index (χ0n) is 13.1. The Kier molecular flexibility index (Phi) is 9.61. The molecular weight excluding hydrogens is 270 g/mol. The van der Waals surface area contributed by atoms with E-state index in [4.69, 9.17) is 24.7 Å². The lowest BCUT2D eigenvalue weighted by molar-refractivity contribution is 0.0644. The molecule has 0 atom stereocenters. The van der Waals surface area contributed by atoms with Gasteiger partial charge in [0.15, 0.2) is 0 Å². The molecule has 0 heterocycles. The van der Waals surface area contributed by atoms with Gasteiger partial charge in [-0.05, 0) is 12.5 Å². The van der Waals surface area contributed by atoms with Crippen LogP contribution < -0.4 is 15.2 Å². The number of rotatable bonds is 12. The van der Waals surface area contributed by atoms with Gasteiger partial charge in [-0.1, -0.05) is 13.0 Å². The molecule has 120 valence electrons. The molecule has 1 aromatic carbocycles. The van der Waals surface area contributed by atoms with Crippen LogP contribution in [0.4, 0.5) is 0 Å². The lowest BCUT2D eigenvalue weighted by Gasteiger charge is -2.13. The standard InChI is InChI=1S/C16H27NO4/c1-3-7-20-15-6-5-14(13-17)16(12-15)21-9-4-8-19-11-10-18-2/h5-6,12H,3-4,7-11,13,17H2,1-2H3. The molecule has 0 fully saturated rings. The average molecular weight is 297 g/mol. The molecule has 5 heteroatoms. The van der Waals surface area contributed by atoms with E-state index in [-0.39, 0.29) is 0 Å². The molecule has 0 bridgehead atoms. The van der Waals surface area contributed by atoms with Crippen molar-refractivity contribution in [1.29, 1.82) is 0 Å². The van der Waals surface area contributed by atoms with E-state index in [9.17, 15) is 0 Å². The number of methoxy groups -OCH3 is 1. The van der Waals surface area contributed by atoms with Crippen LogP contribution in [0.1, 0.15) is 25.3 Å². The smallest absolute Gasteiger partial charge is 0.127 e. The van der Waals surface area contributed by atoms with E-state index in [0.717, 1.165) is 29.9 Å². The fourth-order valence-electron chi connectivity index (χ4n) is 1.73. The highest BCUT2D eigenvalue weighted by atomic mass is 16.5. The number of nitrogens with two attached hydrogens (primary N) is 1. The van der Waals surface area contributed by atoms with Crippen LogP contribution in [0.3, 0.4) is 0 Å². The summed E-state index contributed by atoms with van der Waals surface area (Å²) < 4.78 is 21.7. The third-order valence-corrected chi connectivity index (χ3v) is 2.85. The molecule has 21 heavy (non-hydrogen) atoms. The van der Waals surface area contributed by atoms with Crippen molar-refractivity contribution in [3.05, 3.63) is 23.8 Å². The summed E-state index contributed by atoms with van der Waals surface area (Å²) in [5, 5.41) is 0. The molecule has 0 aliphatic heterocycles.